The van der Waals surface area contributed by atoms with Crippen LogP contribution in [0.5, 0.6) is 0 Å². The summed E-state index contributed by atoms with van der Waals surface area (Å²) < 4.78 is 13.7. The second-order valence-electron chi connectivity index (χ2n) is 3.69. The molecule has 1 aromatic carbocycles. The van der Waals surface area contributed by atoms with Gasteiger partial charge >= 0.3 is 0 Å². The van der Waals surface area contributed by atoms with E-state index in [1.54, 1.807) is 7.05 Å². The fraction of sp³-hybridized carbons (Fsp3) is 0.231. The standard InChI is InChI=1S/C13H14FN3/c1-3-9-5-4-6-10(7-9)12-11(14)8-16-13(15-2)17-12/h4-8H,3H2,1-2H3,(H,15,16,17). The molecule has 0 unspecified atom stereocenters. The zero-order valence-corrected chi connectivity index (χ0v) is 9.87. The number of aromatic nitrogens is 2. The minimum absolute atomic E-state index is 0.333. The third-order valence-corrected chi connectivity index (χ3v) is 2.58. The van der Waals surface area contributed by atoms with Crippen LogP contribution in [0.15, 0.2) is 30.5 Å². The van der Waals surface area contributed by atoms with Gasteiger partial charge in [0.05, 0.1) is 6.20 Å². The highest BCUT2D eigenvalue weighted by Gasteiger charge is 2.09. The number of aryl methyl sites for hydroxylation is 1. The quantitative estimate of drug-likeness (QED) is 0.882. The molecule has 3 nitrogen and oxygen atoms in total. The first-order valence-corrected chi connectivity index (χ1v) is 5.54. The number of anilines is 1. The normalized spacial score (nSPS) is 10.3. The highest BCUT2D eigenvalue weighted by molar-refractivity contribution is 5.61. The van der Waals surface area contributed by atoms with Crippen molar-refractivity contribution >= 4 is 5.95 Å². The lowest BCUT2D eigenvalue weighted by atomic mass is 10.1. The molecule has 0 spiro atoms. The molecule has 1 heterocycles. The minimum Gasteiger partial charge on any atom is -0.357 e. The lowest BCUT2D eigenvalue weighted by Crippen LogP contribution is -2.00. The van der Waals surface area contributed by atoms with Gasteiger partial charge in [-0.3, -0.25) is 0 Å². The Morgan fingerprint density at radius 1 is 1.35 bits per heavy atom. The third kappa shape index (κ3) is 2.41. The Bertz CT molecular complexity index is 526. The van der Waals surface area contributed by atoms with Gasteiger partial charge in [0.2, 0.25) is 5.95 Å². The van der Waals surface area contributed by atoms with Gasteiger partial charge in [-0.15, -0.1) is 0 Å². The van der Waals surface area contributed by atoms with E-state index in [0.29, 0.717) is 11.6 Å². The maximum absolute atomic E-state index is 13.7. The predicted octanol–water partition coefficient (Wildman–Crippen LogP) is 2.89. The van der Waals surface area contributed by atoms with Gasteiger partial charge in [0.1, 0.15) is 5.69 Å². The van der Waals surface area contributed by atoms with Crippen molar-refractivity contribution in [1.82, 2.24) is 9.97 Å². The molecule has 0 fully saturated rings. The summed E-state index contributed by atoms with van der Waals surface area (Å²) >= 11 is 0. The molecule has 0 radical (unpaired) electrons. The van der Waals surface area contributed by atoms with Crippen molar-refractivity contribution in [3.8, 4) is 11.3 Å². The topological polar surface area (TPSA) is 37.8 Å². The van der Waals surface area contributed by atoms with Gasteiger partial charge in [0.25, 0.3) is 0 Å². The van der Waals surface area contributed by atoms with Gasteiger partial charge in [-0.1, -0.05) is 25.1 Å². The smallest absolute Gasteiger partial charge is 0.223 e. The highest BCUT2D eigenvalue weighted by atomic mass is 19.1. The van der Waals surface area contributed by atoms with Gasteiger partial charge in [-0.25, -0.2) is 14.4 Å². The van der Waals surface area contributed by atoms with Gasteiger partial charge in [0.15, 0.2) is 5.82 Å². The van der Waals surface area contributed by atoms with Crippen molar-refractivity contribution in [3.05, 3.63) is 41.8 Å². The van der Waals surface area contributed by atoms with Crippen LogP contribution in [0.3, 0.4) is 0 Å². The van der Waals surface area contributed by atoms with Gasteiger partial charge in [-0.2, -0.15) is 0 Å². The zero-order valence-electron chi connectivity index (χ0n) is 9.87. The van der Waals surface area contributed by atoms with E-state index in [-0.39, 0.29) is 0 Å². The van der Waals surface area contributed by atoms with Crippen LogP contribution in [-0.2, 0) is 6.42 Å². The van der Waals surface area contributed by atoms with E-state index in [2.05, 4.69) is 22.2 Å². The number of rotatable bonds is 3. The molecule has 0 bridgehead atoms. The molecule has 0 aliphatic heterocycles. The molecule has 1 aromatic heterocycles. The van der Waals surface area contributed by atoms with Crippen molar-refractivity contribution in [1.29, 1.82) is 0 Å². The molecule has 0 saturated heterocycles. The molecule has 0 aliphatic rings. The maximum Gasteiger partial charge on any atom is 0.223 e. The fourth-order valence-corrected chi connectivity index (χ4v) is 1.63. The molecular formula is C13H14FN3. The summed E-state index contributed by atoms with van der Waals surface area (Å²) in [5.74, 6) is 0.0144. The van der Waals surface area contributed by atoms with E-state index >= 15 is 0 Å². The molecule has 0 saturated carbocycles. The molecule has 17 heavy (non-hydrogen) atoms. The van der Waals surface area contributed by atoms with Crippen LogP contribution in [0.4, 0.5) is 10.3 Å². The van der Waals surface area contributed by atoms with E-state index in [0.717, 1.165) is 17.5 Å². The van der Waals surface area contributed by atoms with E-state index < -0.39 is 5.82 Å². The van der Waals surface area contributed by atoms with E-state index in [1.165, 1.54) is 6.20 Å². The minimum atomic E-state index is -0.405. The van der Waals surface area contributed by atoms with Crippen LogP contribution in [0.1, 0.15) is 12.5 Å². The predicted molar refractivity (Wildman–Crippen MR) is 66.4 cm³/mol. The van der Waals surface area contributed by atoms with E-state index in [4.69, 9.17) is 0 Å². The Labute approximate surface area is 99.7 Å². The summed E-state index contributed by atoms with van der Waals surface area (Å²) in [7, 11) is 1.71. The Hall–Kier alpha value is -1.97. The molecule has 0 amide bonds. The van der Waals surface area contributed by atoms with Crippen LogP contribution >= 0.6 is 0 Å². The van der Waals surface area contributed by atoms with Crippen LogP contribution < -0.4 is 5.32 Å². The summed E-state index contributed by atoms with van der Waals surface area (Å²) in [6, 6.07) is 7.73. The number of hydrogen-bond donors (Lipinski definition) is 1. The fourth-order valence-electron chi connectivity index (χ4n) is 1.63. The Kier molecular flexibility index (Phi) is 3.32. The third-order valence-electron chi connectivity index (χ3n) is 2.58. The molecule has 0 atom stereocenters. The summed E-state index contributed by atoms with van der Waals surface area (Å²) in [5.41, 5.74) is 2.27. The Morgan fingerprint density at radius 2 is 2.18 bits per heavy atom. The average molecular weight is 231 g/mol. The van der Waals surface area contributed by atoms with Crippen LogP contribution in [0.2, 0.25) is 0 Å². The second-order valence-corrected chi connectivity index (χ2v) is 3.69. The summed E-state index contributed by atoms with van der Waals surface area (Å²) in [6.07, 6.45) is 2.10. The molecule has 4 heteroatoms. The van der Waals surface area contributed by atoms with E-state index in [1.807, 2.05) is 24.3 Å². The number of benzene rings is 1. The number of halogens is 1. The van der Waals surface area contributed by atoms with Gasteiger partial charge in [0, 0.05) is 12.6 Å². The van der Waals surface area contributed by atoms with Crippen LogP contribution in [-0.4, -0.2) is 17.0 Å². The Morgan fingerprint density at radius 3 is 2.88 bits per heavy atom. The summed E-state index contributed by atoms with van der Waals surface area (Å²) in [6.45, 7) is 2.06. The SMILES string of the molecule is CCc1cccc(-c2nc(NC)ncc2F)c1. The highest BCUT2D eigenvalue weighted by Crippen LogP contribution is 2.22. The number of hydrogen-bond acceptors (Lipinski definition) is 3. The van der Waals surface area contributed by atoms with Crippen LogP contribution in [0, 0.1) is 5.82 Å². The lowest BCUT2D eigenvalue weighted by molar-refractivity contribution is 0.619. The van der Waals surface area contributed by atoms with Gasteiger partial charge < -0.3 is 5.32 Å². The van der Waals surface area contributed by atoms with Crippen molar-refractivity contribution < 1.29 is 4.39 Å². The largest absolute Gasteiger partial charge is 0.357 e. The zero-order chi connectivity index (χ0) is 12.3. The van der Waals surface area contributed by atoms with Crippen molar-refractivity contribution in [3.63, 3.8) is 0 Å². The number of nitrogens with zero attached hydrogens (tertiary/aromatic N) is 2. The Balaban J connectivity index is 2.50. The first-order valence-electron chi connectivity index (χ1n) is 5.54. The lowest BCUT2D eigenvalue weighted by Gasteiger charge is -2.06. The molecule has 1 N–H and O–H groups in total. The first kappa shape index (κ1) is 11.5. The molecule has 88 valence electrons. The molecule has 2 rings (SSSR count). The van der Waals surface area contributed by atoms with Crippen molar-refractivity contribution in [2.45, 2.75) is 13.3 Å². The van der Waals surface area contributed by atoms with E-state index in [9.17, 15) is 4.39 Å². The van der Waals surface area contributed by atoms with Crippen LogP contribution in [0.25, 0.3) is 11.3 Å². The average Bonchev–Trinajstić information content (AvgIpc) is 2.39. The second kappa shape index (κ2) is 4.91. The molecule has 0 aliphatic carbocycles. The summed E-state index contributed by atoms with van der Waals surface area (Å²) in [4.78, 5) is 7.97. The molecular weight excluding hydrogens is 217 g/mol. The summed E-state index contributed by atoms with van der Waals surface area (Å²) in [5, 5.41) is 2.80. The van der Waals surface area contributed by atoms with Crippen molar-refractivity contribution in [2.24, 2.45) is 0 Å². The number of nitrogens with one attached hydrogen (secondary N) is 1. The molecule has 2 aromatic rings. The first-order chi connectivity index (χ1) is 8.24. The monoisotopic (exact) mass is 231 g/mol. The van der Waals surface area contributed by atoms with Crippen molar-refractivity contribution in [2.75, 3.05) is 12.4 Å². The maximum atomic E-state index is 13.7. The van der Waals surface area contributed by atoms with Gasteiger partial charge in [-0.05, 0) is 18.1 Å².